The van der Waals surface area contributed by atoms with Crippen LogP contribution in [0.15, 0.2) is 11.6 Å². The van der Waals surface area contributed by atoms with E-state index in [4.69, 9.17) is 0 Å². The molecule has 2 heteroatoms. The smallest absolute Gasteiger partial charge is 0.0648 e. The lowest BCUT2D eigenvalue weighted by Gasteiger charge is -2.58. The summed E-state index contributed by atoms with van der Waals surface area (Å²) in [7, 11) is 0. The first-order chi connectivity index (χ1) is 16.0. The second-order valence-corrected chi connectivity index (χ2v) is 14.3. The molecule has 0 aromatic rings. The zero-order valence-electron chi connectivity index (χ0n) is 23.5. The van der Waals surface area contributed by atoms with Gasteiger partial charge in [0.25, 0.3) is 0 Å². The fourth-order valence-corrected chi connectivity index (χ4v) is 9.54. The van der Waals surface area contributed by atoms with Crippen molar-refractivity contribution in [2.75, 3.05) is 0 Å². The first kappa shape index (κ1) is 26.7. The Morgan fingerprint density at radius 3 is 2.26 bits per heavy atom. The van der Waals surface area contributed by atoms with Crippen LogP contribution in [0.2, 0.25) is 0 Å². The average Bonchev–Trinajstić information content (AvgIpc) is 3.14. The predicted molar refractivity (Wildman–Crippen MR) is 144 cm³/mol. The molecule has 0 aliphatic heterocycles. The molecule has 5 rings (SSSR count). The Bertz CT molecular complexity index is 727. The number of hydrogen-bond donors (Lipinski definition) is 2. The molecule has 34 heavy (non-hydrogen) atoms. The van der Waals surface area contributed by atoms with E-state index in [9.17, 15) is 10.2 Å². The van der Waals surface area contributed by atoms with Crippen LogP contribution in [0, 0.1) is 39.9 Å². The van der Waals surface area contributed by atoms with Crippen molar-refractivity contribution in [3.63, 3.8) is 0 Å². The highest BCUT2D eigenvalue weighted by Gasteiger charge is 2.58. The summed E-state index contributed by atoms with van der Waals surface area (Å²) in [5, 5.41) is 21.4. The Balaban J connectivity index is 0.00000133. The van der Waals surface area contributed by atoms with E-state index >= 15 is 0 Å². The van der Waals surface area contributed by atoms with Crippen molar-refractivity contribution < 1.29 is 10.2 Å². The summed E-state index contributed by atoms with van der Waals surface area (Å²) in [6.07, 6.45) is 20.5. The topological polar surface area (TPSA) is 40.5 Å². The Morgan fingerprint density at radius 1 is 0.853 bits per heavy atom. The van der Waals surface area contributed by atoms with Crippen molar-refractivity contribution in [3.05, 3.63) is 11.6 Å². The largest absolute Gasteiger partial charge is 0.393 e. The van der Waals surface area contributed by atoms with Gasteiger partial charge in [0.15, 0.2) is 0 Å². The zero-order valence-corrected chi connectivity index (χ0v) is 23.5. The van der Waals surface area contributed by atoms with Gasteiger partial charge < -0.3 is 10.2 Å². The molecule has 0 radical (unpaired) electrons. The number of aliphatic hydroxyl groups excluding tert-OH is 1. The van der Waals surface area contributed by atoms with Crippen molar-refractivity contribution in [2.24, 2.45) is 39.9 Å². The average molecular weight is 473 g/mol. The third-order valence-corrected chi connectivity index (χ3v) is 12.0. The van der Waals surface area contributed by atoms with E-state index in [2.05, 4.69) is 33.8 Å². The van der Waals surface area contributed by atoms with Crippen LogP contribution in [-0.2, 0) is 0 Å². The molecule has 0 aromatic carbocycles. The molecule has 196 valence electrons. The van der Waals surface area contributed by atoms with Gasteiger partial charge in [0.2, 0.25) is 0 Å². The predicted octanol–water partition coefficient (Wildman–Crippen LogP) is 8.45. The molecule has 5 aliphatic carbocycles. The maximum atomic E-state index is 11.2. The molecule has 6 unspecified atom stereocenters. The standard InChI is InChI=1S/C30H50O2.C2H6/c1-27(2)16-18-30(32,19-17-27)13-5-6-21-8-10-25-24-9-7-22-20-23(31)11-14-29(22,4)26(24)12-15-28(21,25)3;1-2/h7,21,23-26,31-32H,5-6,8-20H2,1-4H3;1-2H3/t21?,23?,24-,25?,26?,28?,29?;/m0./s1. The molecule has 5 aliphatic rings. The first-order valence-corrected chi connectivity index (χ1v) is 15.1. The van der Waals surface area contributed by atoms with Gasteiger partial charge in [-0.1, -0.05) is 59.6 Å². The SMILES string of the molecule is CC.CC1(C)CCC(O)(CCCC2CCC3[C@@H]4CC=C5CC(O)CCC5(C)C4CCC23C)CC1. The second-order valence-electron chi connectivity index (χ2n) is 14.3. The molecule has 0 spiro atoms. The van der Waals surface area contributed by atoms with E-state index in [1.54, 1.807) is 5.57 Å². The number of aliphatic hydroxyl groups is 2. The molecule has 4 fully saturated rings. The van der Waals surface area contributed by atoms with Crippen molar-refractivity contribution >= 4 is 0 Å². The summed E-state index contributed by atoms with van der Waals surface area (Å²) in [4.78, 5) is 0. The summed E-state index contributed by atoms with van der Waals surface area (Å²) in [6, 6.07) is 0. The van der Waals surface area contributed by atoms with Crippen LogP contribution >= 0.6 is 0 Å². The van der Waals surface area contributed by atoms with Crippen LogP contribution in [0.25, 0.3) is 0 Å². The molecule has 4 saturated carbocycles. The molecule has 0 amide bonds. The molecule has 0 heterocycles. The molecule has 7 atom stereocenters. The van der Waals surface area contributed by atoms with Gasteiger partial charge in [0.05, 0.1) is 11.7 Å². The van der Waals surface area contributed by atoms with Crippen LogP contribution in [-0.4, -0.2) is 21.9 Å². The maximum absolute atomic E-state index is 11.2. The van der Waals surface area contributed by atoms with E-state index in [0.717, 1.165) is 55.8 Å². The molecular formula is C32H56O2. The third kappa shape index (κ3) is 4.81. The first-order valence-electron chi connectivity index (χ1n) is 15.1. The van der Waals surface area contributed by atoms with E-state index in [1.165, 1.54) is 64.2 Å². The summed E-state index contributed by atoms with van der Waals surface area (Å²) in [5.74, 6) is 3.47. The number of hydrogen-bond acceptors (Lipinski definition) is 2. The molecular weight excluding hydrogens is 416 g/mol. The van der Waals surface area contributed by atoms with Gasteiger partial charge in [-0.15, -0.1) is 0 Å². The zero-order chi connectivity index (χ0) is 24.8. The molecule has 2 N–H and O–H groups in total. The third-order valence-electron chi connectivity index (χ3n) is 12.0. The molecule has 0 aromatic heterocycles. The van der Waals surface area contributed by atoms with Gasteiger partial charge in [-0.25, -0.2) is 0 Å². The fourth-order valence-electron chi connectivity index (χ4n) is 9.54. The van der Waals surface area contributed by atoms with E-state index in [1.807, 2.05) is 13.8 Å². The summed E-state index contributed by atoms with van der Waals surface area (Å²) < 4.78 is 0. The van der Waals surface area contributed by atoms with Crippen LogP contribution in [0.4, 0.5) is 0 Å². The highest BCUT2D eigenvalue weighted by Crippen LogP contribution is 2.66. The summed E-state index contributed by atoms with van der Waals surface area (Å²) in [6.45, 7) is 13.9. The Hall–Kier alpha value is -0.340. The number of rotatable bonds is 4. The van der Waals surface area contributed by atoms with Gasteiger partial charge in [-0.3, -0.25) is 0 Å². The summed E-state index contributed by atoms with van der Waals surface area (Å²) >= 11 is 0. The quantitative estimate of drug-likeness (QED) is 0.403. The minimum atomic E-state index is -0.378. The van der Waals surface area contributed by atoms with Gasteiger partial charge in [0, 0.05) is 0 Å². The molecule has 2 nitrogen and oxygen atoms in total. The van der Waals surface area contributed by atoms with Crippen molar-refractivity contribution in [2.45, 2.75) is 150 Å². The van der Waals surface area contributed by atoms with E-state index in [-0.39, 0.29) is 11.7 Å². The van der Waals surface area contributed by atoms with Crippen LogP contribution in [0.5, 0.6) is 0 Å². The van der Waals surface area contributed by atoms with Crippen molar-refractivity contribution in [3.8, 4) is 0 Å². The molecule has 0 saturated heterocycles. The molecule has 0 bridgehead atoms. The lowest BCUT2D eigenvalue weighted by Crippen LogP contribution is -2.50. The Morgan fingerprint density at radius 2 is 1.56 bits per heavy atom. The normalized spacial score (nSPS) is 44.6. The number of fused-ring (bicyclic) bond motifs is 5. The van der Waals surface area contributed by atoms with Gasteiger partial charge >= 0.3 is 0 Å². The van der Waals surface area contributed by atoms with E-state index < -0.39 is 0 Å². The van der Waals surface area contributed by atoms with Gasteiger partial charge in [0.1, 0.15) is 0 Å². The van der Waals surface area contributed by atoms with Crippen molar-refractivity contribution in [1.82, 2.24) is 0 Å². The van der Waals surface area contributed by atoms with E-state index in [0.29, 0.717) is 16.2 Å². The lowest BCUT2D eigenvalue weighted by atomic mass is 9.47. The highest BCUT2D eigenvalue weighted by molar-refractivity contribution is 5.25. The minimum absolute atomic E-state index is 0.0966. The van der Waals surface area contributed by atoms with Gasteiger partial charge in [-0.2, -0.15) is 0 Å². The lowest BCUT2D eigenvalue weighted by molar-refractivity contribution is -0.0545. The van der Waals surface area contributed by atoms with Crippen LogP contribution < -0.4 is 0 Å². The highest BCUT2D eigenvalue weighted by atomic mass is 16.3. The van der Waals surface area contributed by atoms with Crippen LogP contribution in [0.1, 0.15) is 138 Å². The summed E-state index contributed by atoms with van der Waals surface area (Å²) in [5.41, 5.74) is 2.53. The van der Waals surface area contributed by atoms with Crippen molar-refractivity contribution in [1.29, 1.82) is 0 Å². The number of allylic oxidation sites excluding steroid dienone is 1. The maximum Gasteiger partial charge on any atom is 0.0648 e. The Kier molecular flexibility index (Phi) is 7.74. The Labute approximate surface area is 211 Å². The van der Waals surface area contributed by atoms with Crippen LogP contribution in [0.3, 0.4) is 0 Å². The monoisotopic (exact) mass is 472 g/mol. The van der Waals surface area contributed by atoms with Gasteiger partial charge in [-0.05, 0) is 130 Å². The second kappa shape index (κ2) is 9.85. The minimum Gasteiger partial charge on any atom is -0.393 e. The fraction of sp³-hybridized carbons (Fsp3) is 0.938.